The lowest BCUT2D eigenvalue weighted by molar-refractivity contribution is -0.118. The lowest BCUT2D eigenvalue weighted by Gasteiger charge is -2.06. The number of amides is 1. The van der Waals surface area contributed by atoms with E-state index in [0.717, 1.165) is 27.8 Å². The van der Waals surface area contributed by atoms with Crippen molar-refractivity contribution in [3.05, 3.63) is 72.1 Å². The summed E-state index contributed by atoms with van der Waals surface area (Å²) in [4.78, 5) is 16.7. The van der Waals surface area contributed by atoms with E-state index >= 15 is 0 Å². The molecule has 0 fully saturated rings. The number of hydrogen-bond acceptors (Lipinski definition) is 5. The third-order valence-electron chi connectivity index (χ3n) is 4.25. The third kappa shape index (κ3) is 3.97. The van der Waals surface area contributed by atoms with Crippen LogP contribution in [0.15, 0.2) is 72.1 Å². The molecule has 0 aliphatic carbocycles. The summed E-state index contributed by atoms with van der Waals surface area (Å²) in [5.41, 5.74) is 1.89. The van der Waals surface area contributed by atoms with E-state index < -0.39 is 0 Å². The molecule has 0 aliphatic rings. The summed E-state index contributed by atoms with van der Waals surface area (Å²) in [6, 6.07) is 21.4. The van der Waals surface area contributed by atoms with E-state index in [4.69, 9.17) is 9.47 Å². The van der Waals surface area contributed by atoms with E-state index in [0.29, 0.717) is 10.9 Å². The number of benzene rings is 3. The van der Waals surface area contributed by atoms with Crippen LogP contribution >= 0.6 is 11.3 Å². The van der Waals surface area contributed by atoms with Gasteiger partial charge in [-0.3, -0.25) is 10.1 Å². The first kappa shape index (κ1) is 18.0. The van der Waals surface area contributed by atoms with Gasteiger partial charge in [0.1, 0.15) is 11.5 Å². The number of ether oxygens (including phenoxy) is 2. The molecule has 28 heavy (non-hydrogen) atoms. The molecule has 4 rings (SSSR count). The normalized spacial score (nSPS) is 10.6. The van der Waals surface area contributed by atoms with Gasteiger partial charge in [0.25, 0.3) is 5.91 Å². The summed E-state index contributed by atoms with van der Waals surface area (Å²) < 4.78 is 10.6. The van der Waals surface area contributed by atoms with Gasteiger partial charge in [-0.1, -0.05) is 42.5 Å². The molecule has 1 amide bonds. The Hall–Kier alpha value is -3.38. The zero-order valence-corrected chi connectivity index (χ0v) is 16.0. The smallest absolute Gasteiger partial charge is 0.264 e. The zero-order valence-electron chi connectivity index (χ0n) is 15.2. The van der Waals surface area contributed by atoms with Gasteiger partial charge in [0.05, 0.1) is 12.8 Å². The van der Waals surface area contributed by atoms with Crippen molar-refractivity contribution in [3.8, 4) is 22.8 Å². The van der Waals surface area contributed by atoms with Gasteiger partial charge in [-0.25, -0.2) is 4.98 Å². The predicted molar refractivity (Wildman–Crippen MR) is 112 cm³/mol. The minimum Gasteiger partial charge on any atom is -0.497 e. The number of anilines is 1. The molecule has 0 unspecified atom stereocenters. The van der Waals surface area contributed by atoms with Crippen LogP contribution in [0.5, 0.6) is 11.5 Å². The molecule has 5 nitrogen and oxygen atoms in total. The van der Waals surface area contributed by atoms with Gasteiger partial charge in [-0.2, -0.15) is 0 Å². The van der Waals surface area contributed by atoms with E-state index in [1.165, 1.54) is 11.3 Å². The molecule has 0 saturated carbocycles. The highest BCUT2D eigenvalue weighted by atomic mass is 32.1. The quantitative estimate of drug-likeness (QED) is 0.504. The van der Waals surface area contributed by atoms with Crippen LogP contribution in [0.4, 0.5) is 5.13 Å². The second-order valence-electron chi connectivity index (χ2n) is 6.08. The van der Waals surface area contributed by atoms with Gasteiger partial charge in [-0.05, 0) is 35.0 Å². The molecular formula is C22H18N2O3S. The van der Waals surface area contributed by atoms with Gasteiger partial charge in [0, 0.05) is 10.9 Å². The molecule has 1 heterocycles. The van der Waals surface area contributed by atoms with Gasteiger partial charge < -0.3 is 9.47 Å². The summed E-state index contributed by atoms with van der Waals surface area (Å²) in [5, 5.41) is 7.58. The summed E-state index contributed by atoms with van der Waals surface area (Å²) in [5.74, 6) is 1.08. The second-order valence-corrected chi connectivity index (χ2v) is 6.94. The van der Waals surface area contributed by atoms with Gasteiger partial charge in [-0.15, -0.1) is 11.3 Å². The molecule has 0 aliphatic heterocycles. The lowest BCUT2D eigenvalue weighted by atomic mass is 10.0. The maximum absolute atomic E-state index is 12.2. The van der Waals surface area contributed by atoms with Crippen LogP contribution in [-0.4, -0.2) is 24.6 Å². The molecule has 0 atom stereocenters. The number of fused-ring (bicyclic) bond motifs is 1. The molecule has 3 aromatic carbocycles. The molecule has 140 valence electrons. The molecule has 0 spiro atoms. The summed E-state index contributed by atoms with van der Waals surface area (Å²) in [6.45, 7) is -0.0878. The standard InChI is InChI=1S/C22H18N2O3S/c1-26-16-9-11-17(12-10-16)27-13-21(25)24-22-23-20(14-28-22)19-8-4-6-15-5-2-3-7-18(15)19/h2-12,14H,13H2,1H3,(H,23,24,25). The van der Waals surface area contributed by atoms with Crippen LogP contribution in [0, 0.1) is 0 Å². The Morgan fingerprint density at radius 3 is 2.57 bits per heavy atom. The average Bonchev–Trinajstić information content (AvgIpc) is 3.20. The van der Waals surface area contributed by atoms with Crippen molar-refractivity contribution >= 4 is 33.1 Å². The Morgan fingerprint density at radius 2 is 1.75 bits per heavy atom. The summed E-state index contributed by atoms with van der Waals surface area (Å²) >= 11 is 1.39. The van der Waals surface area contributed by atoms with Crippen molar-refractivity contribution < 1.29 is 14.3 Å². The van der Waals surface area contributed by atoms with Crippen molar-refractivity contribution in [1.29, 1.82) is 0 Å². The van der Waals surface area contributed by atoms with E-state index in [1.54, 1.807) is 31.4 Å². The van der Waals surface area contributed by atoms with Crippen molar-refractivity contribution in [1.82, 2.24) is 4.98 Å². The Bertz CT molecular complexity index is 1100. The van der Waals surface area contributed by atoms with Crippen molar-refractivity contribution in [2.24, 2.45) is 0 Å². The second kappa shape index (κ2) is 8.10. The fraction of sp³-hybridized carbons (Fsp3) is 0.0909. The number of carbonyl (C=O) groups excluding carboxylic acids is 1. The van der Waals surface area contributed by atoms with Gasteiger partial charge >= 0.3 is 0 Å². The van der Waals surface area contributed by atoms with Crippen LogP contribution in [0.2, 0.25) is 0 Å². The molecule has 4 aromatic rings. The largest absolute Gasteiger partial charge is 0.497 e. The molecule has 6 heteroatoms. The monoisotopic (exact) mass is 390 g/mol. The molecule has 0 bridgehead atoms. The number of aromatic nitrogens is 1. The maximum atomic E-state index is 12.2. The maximum Gasteiger partial charge on any atom is 0.264 e. The van der Waals surface area contributed by atoms with Crippen LogP contribution in [0.25, 0.3) is 22.0 Å². The Balaban J connectivity index is 1.42. The Morgan fingerprint density at radius 1 is 1.00 bits per heavy atom. The SMILES string of the molecule is COc1ccc(OCC(=O)Nc2nc(-c3cccc4ccccc34)cs2)cc1. The molecule has 1 N–H and O–H groups in total. The Labute approximate surface area is 166 Å². The zero-order chi connectivity index (χ0) is 19.3. The van der Waals surface area contributed by atoms with E-state index in [-0.39, 0.29) is 12.5 Å². The predicted octanol–water partition coefficient (Wildman–Crippen LogP) is 4.99. The first-order chi connectivity index (χ1) is 13.7. The number of methoxy groups -OCH3 is 1. The van der Waals surface area contributed by atoms with Crippen LogP contribution in [0.1, 0.15) is 0 Å². The van der Waals surface area contributed by atoms with Crippen LogP contribution in [-0.2, 0) is 4.79 Å². The first-order valence-corrected chi connectivity index (χ1v) is 9.61. The molecule has 0 saturated heterocycles. The first-order valence-electron chi connectivity index (χ1n) is 8.73. The number of carbonyl (C=O) groups is 1. The summed E-state index contributed by atoms with van der Waals surface area (Å²) in [7, 11) is 1.60. The minimum atomic E-state index is -0.255. The number of hydrogen-bond donors (Lipinski definition) is 1. The molecule has 0 radical (unpaired) electrons. The number of rotatable bonds is 6. The fourth-order valence-electron chi connectivity index (χ4n) is 2.88. The van der Waals surface area contributed by atoms with Crippen molar-refractivity contribution in [3.63, 3.8) is 0 Å². The molecule has 1 aromatic heterocycles. The van der Waals surface area contributed by atoms with Crippen LogP contribution < -0.4 is 14.8 Å². The van der Waals surface area contributed by atoms with E-state index in [2.05, 4.69) is 28.5 Å². The third-order valence-corrected chi connectivity index (χ3v) is 5.00. The van der Waals surface area contributed by atoms with Crippen molar-refractivity contribution in [2.75, 3.05) is 19.0 Å². The average molecular weight is 390 g/mol. The van der Waals surface area contributed by atoms with Crippen LogP contribution in [0.3, 0.4) is 0 Å². The highest BCUT2D eigenvalue weighted by molar-refractivity contribution is 7.14. The number of thiazole rings is 1. The van der Waals surface area contributed by atoms with Crippen molar-refractivity contribution in [2.45, 2.75) is 0 Å². The van der Waals surface area contributed by atoms with E-state index in [1.807, 2.05) is 29.6 Å². The number of nitrogens with one attached hydrogen (secondary N) is 1. The lowest BCUT2D eigenvalue weighted by Crippen LogP contribution is -2.20. The van der Waals surface area contributed by atoms with Gasteiger partial charge in [0.2, 0.25) is 0 Å². The highest BCUT2D eigenvalue weighted by Crippen LogP contribution is 2.30. The number of nitrogens with zero attached hydrogens (tertiary/aromatic N) is 1. The Kier molecular flexibility index (Phi) is 5.21. The van der Waals surface area contributed by atoms with Gasteiger partial charge in [0.15, 0.2) is 11.7 Å². The summed E-state index contributed by atoms with van der Waals surface area (Å²) in [6.07, 6.45) is 0. The fourth-order valence-corrected chi connectivity index (χ4v) is 3.61. The highest BCUT2D eigenvalue weighted by Gasteiger charge is 2.11. The van der Waals surface area contributed by atoms with E-state index in [9.17, 15) is 4.79 Å². The molecular weight excluding hydrogens is 372 g/mol. The minimum absolute atomic E-state index is 0.0878. The topological polar surface area (TPSA) is 60.5 Å².